The number of hydrogen-bond acceptors (Lipinski definition) is 5. The number of nitrogens with one attached hydrogen (secondary N) is 2. The second-order valence-electron chi connectivity index (χ2n) is 7.56. The van der Waals surface area contributed by atoms with E-state index in [0.717, 1.165) is 36.7 Å². The summed E-state index contributed by atoms with van der Waals surface area (Å²) < 4.78 is 16.0. The van der Waals surface area contributed by atoms with Gasteiger partial charge in [-0.2, -0.15) is 0 Å². The Kier molecular flexibility index (Phi) is 7.58. The molecule has 1 aromatic carbocycles. The van der Waals surface area contributed by atoms with Crippen LogP contribution < -0.4 is 21.3 Å². The third kappa shape index (κ3) is 4.97. The van der Waals surface area contributed by atoms with E-state index in [-0.39, 0.29) is 11.5 Å². The number of fused-ring (bicyclic) bond motifs is 1. The molecule has 0 amide bonds. The van der Waals surface area contributed by atoms with Gasteiger partial charge in [0.15, 0.2) is 11.5 Å². The average molecular weight is 460 g/mol. The molecule has 0 aliphatic carbocycles. The van der Waals surface area contributed by atoms with Gasteiger partial charge < -0.3 is 25.7 Å². The number of rotatable bonds is 4. The van der Waals surface area contributed by atoms with Crippen LogP contribution in [0, 0.1) is 12.7 Å². The fraction of sp³-hybridized carbons (Fsp3) is 0.391. The summed E-state index contributed by atoms with van der Waals surface area (Å²) in [5.74, 6) is -0.250. The maximum atomic E-state index is 14.4. The van der Waals surface area contributed by atoms with Gasteiger partial charge in [0, 0.05) is 62.6 Å². The van der Waals surface area contributed by atoms with E-state index in [1.165, 1.54) is 6.07 Å². The molecular formula is C23H31ClFN7. The van der Waals surface area contributed by atoms with Crippen molar-refractivity contribution in [3.63, 3.8) is 0 Å². The molecule has 1 atom stereocenters. The van der Waals surface area contributed by atoms with Crippen LogP contribution in [0.25, 0.3) is 5.65 Å². The summed E-state index contributed by atoms with van der Waals surface area (Å²) in [7, 11) is 1.81. The molecule has 3 heterocycles. The van der Waals surface area contributed by atoms with E-state index >= 15 is 0 Å². The van der Waals surface area contributed by atoms with Crippen LogP contribution >= 0.6 is 11.6 Å². The first-order valence-electron chi connectivity index (χ1n) is 10.8. The number of pyridine rings is 1. The van der Waals surface area contributed by atoms with E-state index in [0.29, 0.717) is 22.3 Å². The number of nitrogens with zero attached hydrogens (tertiary/aromatic N) is 4. The van der Waals surface area contributed by atoms with Gasteiger partial charge in [0.2, 0.25) is 0 Å². The molecule has 0 saturated carbocycles. The third-order valence-electron chi connectivity index (χ3n) is 5.20. The standard InChI is InChI=1S/C21H25ClFN7.C2H6/c1-12-9-29(5-4-26-12)15-7-16(22)19(18(8-15)25-3)20(24)28-14-6-17(23)21-27-13(2)10-30(21)11-14;1-2/h6-8,10-12,25-26H,4-5,9H2,1-3H3,(H2,24,28);1-2H3. The van der Waals surface area contributed by atoms with Crippen LogP contribution in [0.4, 0.5) is 21.5 Å². The molecule has 1 fully saturated rings. The van der Waals surface area contributed by atoms with E-state index < -0.39 is 5.82 Å². The van der Waals surface area contributed by atoms with Crippen molar-refractivity contribution < 1.29 is 4.39 Å². The quantitative estimate of drug-likeness (QED) is 0.399. The molecule has 0 spiro atoms. The predicted molar refractivity (Wildman–Crippen MR) is 132 cm³/mol. The number of anilines is 2. The molecule has 7 nitrogen and oxygen atoms in total. The maximum absolute atomic E-state index is 14.4. The second kappa shape index (κ2) is 10.2. The van der Waals surface area contributed by atoms with Gasteiger partial charge in [-0.3, -0.25) is 0 Å². The number of imidazole rings is 1. The average Bonchev–Trinajstić information content (AvgIpc) is 3.15. The van der Waals surface area contributed by atoms with E-state index in [1.54, 1.807) is 16.8 Å². The molecule has 1 aliphatic rings. The zero-order valence-corrected chi connectivity index (χ0v) is 20.0. The summed E-state index contributed by atoms with van der Waals surface area (Å²) in [6.45, 7) is 10.7. The van der Waals surface area contributed by atoms with E-state index in [4.69, 9.17) is 17.3 Å². The zero-order valence-electron chi connectivity index (χ0n) is 19.2. The molecule has 2 aromatic heterocycles. The van der Waals surface area contributed by atoms with E-state index in [1.807, 2.05) is 40.0 Å². The molecule has 0 bridgehead atoms. The lowest BCUT2D eigenvalue weighted by Crippen LogP contribution is -2.49. The molecule has 32 heavy (non-hydrogen) atoms. The van der Waals surface area contributed by atoms with Crippen molar-refractivity contribution >= 4 is 40.1 Å². The highest BCUT2D eigenvalue weighted by Crippen LogP contribution is 2.32. The van der Waals surface area contributed by atoms with Gasteiger partial charge in [0.05, 0.1) is 22.0 Å². The number of aliphatic imine (C=N–C) groups is 1. The number of nitrogens with two attached hydrogens (primary N) is 1. The topological polar surface area (TPSA) is 83.0 Å². The van der Waals surface area contributed by atoms with Gasteiger partial charge in [-0.25, -0.2) is 14.4 Å². The monoisotopic (exact) mass is 459 g/mol. The molecule has 1 aliphatic heterocycles. The number of benzene rings is 1. The van der Waals surface area contributed by atoms with Gasteiger partial charge in [-0.1, -0.05) is 25.4 Å². The summed E-state index contributed by atoms with van der Waals surface area (Å²) in [6.07, 6.45) is 3.43. The Hall–Kier alpha value is -2.84. The Bertz CT molecular complexity index is 1130. The van der Waals surface area contributed by atoms with Crippen molar-refractivity contribution in [1.29, 1.82) is 0 Å². The maximum Gasteiger partial charge on any atom is 0.173 e. The number of amidine groups is 1. The highest BCUT2D eigenvalue weighted by molar-refractivity contribution is 6.35. The van der Waals surface area contributed by atoms with Gasteiger partial charge in [-0.05, 0) is 26.0 Å². The summed E-state index contributed by atoms with van der Waals surface area (Å²) >= 11 is 6.63. The van der Waals surface area contributed by atoms with E-state index in [9.17, 15) is 4.39 Å². The van der Waals surface area contributed by atoms with Crippen molar-refractivity contribution in [1.82, 2.24) is 14.7 Å². The van der Waals surface area contributed by atoms with Crippen LogP contribution in [-0.2, 0) is 0 Å². The smallest absolute Gasteiger partial charge is 0.173 e. The Morgan fingerprint density at radius 3 is 2.75 bits per heavy atom. The SMILES string of the molecule is CC.CNc1cc(N2CCNC(C)C2)cc(Cl)c1C(N)=Nc1cc(F)c2nc(C)cn2c1. The van der Waals surface area contributed by atoms with Crippen molar-refractivity contribution in [2.75, 3.05) is 36.9 Å². The molecule has 1 saturated heterocycles. The Labute approximate surface area is 193 Å². The minimum Gasteiger partial charge on any atom is -0.387 e. The van der Waals surface area contributed by atoms with Gasteiger partial charge in [0.25, 0.3) is 0 Å². The van der Waals surface area contributed by atoms with Crippen molar-refractivity contribution in [2.45, 2.75) is 33.7 Å². The molecule has 1 unspecified atom stereocenters. The highest BCUT2D eigenvalue weighted by Gasteiger charge is 2.20. The molecular weight excluding hydrogens is 429 g/mol. The fourth-order valence-corrected chi connectivity index (χ4v) is 4.13. The molecule has 0 radical (unpaired) electrons. The minimum absolute atomic E-state index is 0.208. The number of piperazine rings is 1. The van der Waals surface area contributed by atoms with Crippen LogP contribution in [-0.4, -0.2) is 47.9 Å². The normalized spacial score (nSPS) is 16.7. The molecule has 4 N–H and O–H groups in total. The number of aryl methyl sites for hydroxylation is 1. The number of halogens is 2. The fourth-order valence-electron chi connectivity index (χ4n) is 3.82. The molecule has 4 rings (SSSR count). The highest BCUT2D eigenvalue weighted by atomic mass is 35.5. The van der Waals surface area contributed by atoms with Crippen LogP contribution in [0.5, 0.6) is 0 Å². The first-order chi connectivity index (χ1) is 15.4. The van der Waals surface area contributed by atoms with Crippen molar-refractivity contribution in [2.24, 2.45) is 10.7 Å². The second-order valence-corrected chi connectivity index (χ2v) is 7.96. The first-order valence-corrected chi connectivity index (χ1v) is 11.2. The number of hydrogen-bond donors (Lipinski definition) is 3. The van der Waals surface area contributed by atoms with Gasteiger partial charge >= 0.3 is 0 Å². The lowest BCUT2D eigenvalue weighted by atomic mass is 10.1. The Balaban J connectivity index is 0.00000141. The minimum atomic E-state index is -0.458. The number of aromatic nitrogens is 2. The Morgan fingerprint density at radius 1 is 1.31 bits per heavy atom. The lowest BCUT2D eigenvalue weighted by molar-refractivity contribution is 0.485. The van der Waals surface area contributed by atoms with E-state index in [2.05, 4.69) is 32.4 Å². The van der Waals surface area contributed by atoms with Gasteiger partial charge in [-0.15, -0.1) is 0 Å². The largest absolute Gasteiger partial charge is 0.387 e. The van der Waals surface area contributed by atoms with Crippen molar-refractivity contribution in [3.8, 4) is 0 Å². The Morgan fingerprint density at radius 2 is 2.06 bits per heavy atom. The summed E-state index contributed by atoms with van der Waals surface area (Å²) in [4.78, 5) is 10.9. The van der Waals surface area contributed by atoms with Crippen LogP contribution in [0.1, 0.15) is 32.0 Å². The predicted octanol–water partition coefficient (Wildman–Crippen LogP) is 4.34. The van der Waals surface area contributed by atoms with Crippen LogP contribution in [0.15, 0.2) is 35.6 Å². The molecule has 172 valence electrons. The molecule has 9 heteroatoms. The summed E-state index contributed by atoms with van der Waals surface area (Å²) in [6, 6.07) is 5.64. The molecule has 3 aromatic rings. The van der Waals surface area contributed by atoms with Crippen LogP contribution in [0.3, 0.4) is 0 Å². The summed E-state index contributed by atoms with van der Waals surface area (Å²) in [5, 5.41) is 7.09. The van der Waals surface area contributed by atoms with Gasteiger partial charge in [0.1, 0.15) is 5.84 Å². The first kappa shape index (κ1) is 23.8. The van der Waals surface area contributed by atoms with Crippen LogP contribution in [0.2, 0.25) is 5.02 Å². The lowest BCUT2D eigenvalue weighted by Gasteiger charge is -2.34. The van der Waals surface area contributed by atoms with Crippen molar-refractivity contribution in [3.05, 3.63) is 52.7 Å². The third-order valence-corrected chi connectivity index (χ3v) is 5.49. The summed E-state index contributed by atoms with van der Waals surface area (Å²) in [5.41, 5.74) is 10.1. The zero-order chi connectivity index (χ0) is 23.4.